The number of methoxy groups -OCH3 is 1. The number of rotatable bonds is 8. The van der Waals surface area contributed by atoms with Gasteiger partial charge in [-0.25, -0.2) is 4.39 Å². The van der Waals surface area contributed by atoms with Gasteiger partial charge in [-0.3, -0.25) is 19.3 Å². The molecular formula is C23H21FINO6S. The minimum Gasteiger partial charge on any atom is -0.493 e. The lowest BCUT2D eigenvalue weighted by Crippen LogP contribution is -2.35. The van der Waals surface area contributed by atoms with Gasteiger partial charge >= 0.3 is 5.97 Å². The Bertz CT molecular complexity index is 1120. The van der Waals surface area contributed by atoms with Crippen LogP contribution in [0.15, 0.2) is 41.3 Å². The number of hydrogen-bond acceptors (Lipinski definition) is 7. The normalized spacial score (nSPS) is 14.8. The van der Waals surface area contributed by atoms with E-state index in [1.165, 1.54) is 13.2 Å². The fraction of sp³-hybridized carbons (Fsp3) is 0.261. The van der Waals surface area contributed by atoms with Crippen molar-refractivity contribution in [1.82, 2.24) is 4.90 Å². The maximum atomic E-state index is 13.9. The van der Waals surface area contributed by atoms with Gasteiger partial charge < -0.3 is 14.2 Å². The van der Waals surface area contributed by atoms with Crippen molar-refractivity contribution in [2.24, 2.45) is 0 Å². The van der Waals surface area contributed by atoms with E-state index in [0.717, 1.165) is 16.7 Å². The average molecular weight is 585 g/mol. The lowest BCUT2D eigenvalue weighted by Gasteiger charge is -2.14. The van der Waals surface area contributed by atoms with Crippen LogP contribution in [0.25, 0.3) is 6.08 Å². The molecule has 2 aromatic rings. The summed E-state index contributed by atoms with van der Waals surface area (Å²) in [6, 6.07) is 9.73. The molecule has 0 N–H and O–H groups in total. The van der Waals surface area contributed by atoms with E-state index >= 15 is 0 Å². The predicted octanol–water partition coefficient (Wildman–Crippen LogP) is 5.01. The molecule has 33 heavy (non-hydrogen) atoms. The number of amides is 2. The molecule has 1 heterocycles. The Hall–Kier alpha value is -2.60. The molecule has 0 unspecified atom stereocenters. The highest BCUT2D eigenvalue weighted by Gasteiger charge is 2.36. The zero-order chi connectivity index (χ0) is 24.1. The molecule has 7 nitrogen and oxygen atoms in total. The van der Waals surface area contributed by atoms with Crippen LogP contribution < -0.4 is 9.47 Å². The van der Waals surface area contributed by atoms with E-state index in [1.54, 1.807) is 50.3 Å². The van der Waals surface area contributed by atoms with Crippen molar-refractivity contribution in [3.05, 3.63) is 61.8 Å². The van der Waals surface area contributed by atoms with Crippen molar-refractivity contribution in [3.63, 3.8) is 0 Å². The number of thioether (sulfide) groups is 1. The van der Waals surface area contributed by atoms with Gasteiger partial charge in [0.25, 0.3) is 11.1 Å². The van der Waals surface area contributed by atoms with Crippen molar-refractivity contribution in [3.8, 4) is 11.5 Å². The fourth-order valence-corrected chi connectivity index (χ4v) is 4.56. The van der Waals surface area contributed by atoms with Gasteiger partial charge in [-0.15, -0.1) is 0 Å². The summed E-state index contributed by atoms with van der Waals surface area (Å²) in [5.41, 5.74) is 1.01. The topological polar surface area (TPSA) is 82.1 Å². The molecule has 1 fully saturated rings. The van der Waals surface area contributed by atoms with Gasteiger partial charge in [0.15, 0.2) is 11.5 Å². The maximum absolute atomic E-state index is 13.9. The summed E-state index contributed by atoms with van der Waals surface area (Å²) in [7, 11) is 1.47. The molecule has 0 aliphatic carbocycles. The Balaban J connectivity index is 1.79. The molecule has 2 amide bonds. The van der Waals surface area contributed by atoms with E-state index in [-0.39, 0.29) is 23.4 Å². The van der Waals surface area contributed by atoms with Crippen molar-refractivity contribution in [2.75, 3.05) is 13.7 Å². The number of esters is 1. The highest BCUT2D eigenvalue weighted by Crippen LogP contribution is 2.37. The zero-order valence-corrected chi connectivity index (χ0v) is 21.1. The van der Waals surface area contributed by atoms with Crippen LogP contribution in [0.5, 0.6) is 11.5 Å². The molecule has 1 saturated heterocycles. The van der Waals surface area contributed by atoms with Gasteiger partial charge in [0.2, 0.25) is 0 Å². The number of benzene rings is 2. The first-order valence-electron chi connectivity index (χ1n) is 9.88. The minimum atomic E-state index is -0.652. The lowest BCUT2D eigenvalue weighted by atomic mass is 10.1. The van der Waals surface area contributed by atoms with Crippen LogP contribution in [0.3, 0.4) is 0 Å². The summed E-state index contributed by atoms with van der Waals surface area (Å²) in [6.45, 7) is 2.95. The second-order valence-electron chi connectivity index (χ2n) is 7.22. The predicted molar refractivity (Wildman–Crippen MR) is 130 cm³/mol. The van der Waals surface area contributed by atoms with E-state index in [2.05, 4.69) is 22.6 Å². The lowest BCUT2D eigenvalue weighted by molar-refractivity contribution is -0.149. The van der Waals surface area contributed by atoms with Crippen molar-refractivity contribution >= 4 is 57.5 Å². The van der Waals surface area contributed by atoms with Gasteiger partial charge in [-0.05, 0) is 78.0 Å². The second-order valence-corrected chi connectivity index (χ2v) is 9.38. The number of ether oxygens (including phenoxy) is 3. The number of hydrogen-bond donors (Lipinski definition) is 0. The molecule has 1 aliphatic heterocycles. The van der Waals surface area contributed by atoms with Gasteiger partial charge in [-0.2, -0.15) is 0 Å². The zero-order valence-electron chi connectivity index (χ0n) is 18.1. The third-order valence-corrected chi connectivity index (χ3v) is 6.12. The fourth-order valence-electron chi connectivity index (χ4n) is 2.95. The largest absolute Gasteiger partial charge is 0.493 e. The van der Waals surface area contributed by atoms with Crippen LogP contribution in [0.2, 0.25) is 0 Å². The van der Waals surface area contributed by atoms with E-state index < -0.39 is 23.7 Å². The first-order valence-corrected chi connectivity index (χ1v) is 11.8. The van der Waals surface area contributed by atoms with Gasteiger partial charge in [-0.1, -0.05) is 18.2 Å². The van der Waals surface area contributed by atoms with Gasteiger partial charge in [0.05, 0.1) is 21.7 Å². The van der Waals surface area contributed by atoms with Gasteiger partial charge in [0, 0.05) is 5.56 Å². The van der Waals surface area contributed by atoms with Crippen LogP contribution in [0.4, 0.5) is 9.18 Å². The second kappa shape index (κ2) is 11.0. The van der Waals surface area contributed by atoms with E-state index in [1.807, 2.05) is 0 Å². The molecule has 0 radical (unpaired) electrons. The average Bonchev–Trinajstić information content (AvgIpc) is 3.00. The summed E-state index contributed by atoms with van der Waals surface area (Å²) in [5.74, 6) is -0.760. The van der Waals surface area contributed by atoms with E-state index in [9.17, 15) is 18.8 Å². The Kier molecular flexibility index (Phi) is 8.35. The Morgan fingerprint density at radius 1 is 1.24 bits per heavy atom. The number of nitrogens with zero attached hydrogens (tertiary/aromatic N) is 1. The van der Waals surface area contributed by atoms with Crippen LogP contribution in [-0.2, 0) is 20.9 Å². The number of carbonyl (C=O) groups excluding carboxylic acids is 3. The Morgan fingerprint density at radius 3 is 2.64 bits per heavy atom. The third-order valence-electron chi connectivity index (χ3n) is 4.41. The summed E-state index contributed by atoms with van der Waals surface area (Å²) in [4.78, 5) is 37.8. The minimum absolute atomic E-state index is 0.0176. The van der Waals surface area contributed by atoms with Crippen LogP contribution in [-0.4, -0.2) is 41.8 Å². The molecular weight excluding hydrogens is 564 g/mol. The Morgan fingerprint density at radius 2 is 1.97 bits per heavy atom. The van der Waals surface area contributed by atoms with Crippen LogP contribution in [0.1, 0.15) is 25.0 Å². The number of halogens is 2. The first-order chi connectivity index (χ1) is 15.7. The standard InChI is InChI=1S/C23H21FINO6S/c1-13(2)32-20(27)11-26-22(28)19(33-23(26)29)10-14-8-17(25)21(18(9-14)30-3)31-12-15-6-4-5-7-16(15)24/h4-10,13H,11-12H2,1-3H3/b19-10-. The summed E-state index contributed by atoms with van der Waals surface area (Å²) in [6.07, 6.45) is 1.20. The molecule has 0 spiro atoms. The molecule has 1 aliphatic rings. The molecule has 174 valence electrons. The van der Waals surface area contributed by atoms with Crippen LogP contribution >= 0.6 is 34.4 Å². The maximum Gasteiger partial charge on any atom is 0.326 e. The van der Waals surface area contributed by atoms with E-state index in [4.69, 9.17) is 14.2 Å². The van der Waals surface area contributed by atoms with Crippen molar-refractivity contribution in [2.45, 2.75) is 26.6 Å². The van der Waals surface area contributed by atoms with Crippen LogP contribution in [0, 0.1) is 9.39 Å². The summed E-state index contributed by atoms with van der Waals surface area (Å²) < 4.78 is 30.8. The first kappa shape index (κ1) is 25.0. The van der Waals surface area contributed by atoms with Crippen molar-refractivity contribution < 1.29 is 33.0 Å². The molecule has 0 bridgehead atoms. The number of carbonyl (C=O) groups is 3. The molecule has 2 aromatic carbocycles. The molecule has 0 aromatic heterocycles. The highest BCUT2D eigenvalue weighted by atomic mass is 127. The smallest absolute Gasteiger partial charge is 0.326 e. The van der Waals surface area contributed by atoms with E-state index in [0.29, 0.717) is 26.2 Å². The quantitative estimate of drug-likeness (QED) is 0.245. The molecule has 3 rings (SSSR count). The summed E-state index contributed by atoms with van der Waals surface area (Å²) >= 11 is 2.80. The van der Waals surface area contributed by atoms with Crippen molar-refractivity contribution in [1.29, 1.82) is 0 Å². The monoisotopic (exact) mass is 585 g/mol. The number of imide groups is 1. The SMILES string of the molecule is COc1cc(/C=C2\SC(=O)N(CC(=O)OC(C)C)C2=O)cc(I)c1OCc1ccccc1F. The molecule has 0 atom stereocenters. The highest BCUT2D eigenvalue weighted by molar-refractivity contribution is 14.1. The van der Waals surface area contributed by atoms with Gasteiger partial charge in [0.1, 0.15) is 19.0 Å². The molecule has 0 saturated carbocycles. The third kappa shape index (κ3) is 6.26. The summed E-state index contributed by atoms with van der Waals surface area (Å²) in [5, 5.41) is -0.543. The Labute approximate surface area is 208 Å². The molecule has 10 heteroatoms.